The quantitative estimate of drug-likeness (QED) is 0.886. The van der Waals surface area contributed by atoms with Crippen LogP contribution in [-0.2, 0) is 4.79 Å². The lowest BCUT2D eigenvalue weighted by atomic mass is 10.2. The van der Waals surface area contributed by atoms with E-state index in [4.69, 9.17) is 5.11 Å². The second kappa shape index (κ2) is 5.77. The third kappa shape index (κ3) is 3.81. The molecule has 1 heterocycles. The number of hydrogen-bond donors (Lipinski definition) is 2. The van der Waals surface area contributed by atoms with Crippen molar-refractivity contribution in [3.05, 3.63) is 27.5 Å². The highest BCUT2D eigenvalue weighted by Crippen LogP contribution is 2.18. The van der Waals surface area contributed by atoms with Crippen molar-refractivity contribution in [1.29, 1.82) is 0 Å². The number of pyridine rings is 1. The van der Waals surface area contributed by atoms with Crippen LogP contribution >= 0.6 is 15.9 Å². The number of carbonyl (C=O) groups excluding carboxylic acids is 1. The van der Waals surface area contributed by atoms with E-state index >= 15 is 0 Å². The van der Waals surface area contributed by atoms with Crippen LogP contribution in [0.1, 0.15) is 28.2 Å². The maximum absolute atomic E-state index is 11.7. The van der Waals surface area contributed by atoms with Crippen molar-refractivity contribution in [1.82, 2.24) is 10.3 Å². The number of amides is 1. The number of aromatic nitrogens is 1. The standard InChI is InChI=1S/C11H13BrN2O3/c1-6-5-8(12)10(14-7(6)2)11(17)13-4-3-9(15)16/h5H,3-4H2,1-2H3,(H,13,17)(H,15,16). The van der Waals surface area contributed by atoms with E-state index in [9.17, 15) is 9.59 Å². The van der Waals surface area contributed by atoms with Gasteiger partial charge in [0.25, 0.3) is 5.91 Å². The Bertz CT molecular complexity index is 460. The van der Waals surface area contributed by atoms with Crippen LogP contribution in [0.3, 0.4) is 0 Å². The lowest BCUT2D eigenvalue weighted by Crippen LogP contribution is -2.27. The molecular formula is C11H13BrN2O3. The van der Waals surface area contributed by atoms with Crippen molar-refractivity contribution in [3.63, 3.8) is 0 Å². The van der Waals surface area contributed by atoms with Gasteiger partial charge in [-0.15, -0.1) is 0 Å². The number of carbonyl (C=O) groups is 2. The summed E-state index contributed by atoms with van der Waals surface area (Å²) in [5, 5.41) is 11.0. The molecule has 0 fully saturated rings. The first-order valence-electron chi connectivity index (χ1n) is 5.05. The molecule has 6 heteroatoms. The molecule has 0 radical (unpaired) electrons. The van der Waals surface area contributed by atoms with E-state index in [-0.39, 0.29) is 24.6 Å². The molecule has 1 aromatic rings. The van der Waals surface area contributed by atoms with E-state index in [0.29, 0.717) is 4.47 Å². The van der Waals surface area contributed by atoms with Gasteiger partial charge in [0.2, 0.25) is 0 Å². The summed E-state index contributed by atoms with van der Waals surface area (Å²) in [5.74, 6) is -1.32. The summed E-state index contributed by atoms with van der Waals surface area (Å²) in [5.41, 5.74) is 2.04. The lowest BCUT2D eigenvalue weighted by Gasteiger charge is -2.07. The van der Waals surface area contributed by atoms with Crippen LogP contribution in [-0.4, -0.2) is 28.5 Å². The van der Waals surface area contributed by atoms with Gasteiger partial charge in [-0.05, 0) is 41.4 Å². The van der Waals surface area contributed by atoms with Gasteiger partial charge in [-0.3, -0.25) is 9.59 Å². The minimum Gasteiger partial charge on any atom is -0.481 e. The van der Waals surface area contributed by atoms with Crippen LogP contribution < -0.4 is 5.32 Å². The molecule has 0 aliphatic rings. The predicted molar refractivity (Wildman–Crippen MR) is 66.0 cm³/mol. The van der Waals surface area contributed by atoms with Gasteiger partial charge >= 0.3 is 5.97 Å². The van der Waals surface area contributed by atoms with Gasteiger partial charge in [0.15, 0.2) is 0 Å². The molecule has 0 atom stereocenters. The van der Waals surface area contributed by atoms with Crippen LogP contribution in [0.25, 0.3) is 0 Å². The number of carboxylic acids is 1. The fraction of sp³-hybridized carbons (Fsp3) is 0.364. The molecule has 0 aliphatic carbocycles. The maximum atomic E-state index is 11.7. The number of nitrogens with zero attached hydrogens (tertiary/aromatic N) is 1. The van der Waals surface area contributed by atoms with Gasteiger partial charge in [-0.2, -0.15) is 0 Å². The Morgan fingerprint density at radius 3 is 2.71 bits per heavy atom. The molecule has 0 bridgehead atoms. The van der Waals surface area contributed by atoms with Crippen molar-refractivity contribution < 1.29 is 14.7 Å². The molecule has 1 rings (SSSR count). The topological polar surface area (TPSA) is 79.3 Å². The first-order valence-corrected chi connectivity index (χ1v) is 5.85. The van der Waals surface area contributed by atoms with Crippen LogP contribution in [0.5, 0.6) is 0 Å². The maximum Gasteiger partial charge on any atom is 0.305 e. The fourth-order valence-corrected chi connectivity index (χ4v) is 1.81. The first kappa shape index (κ1) is 13.6. The van der Waals surface area contributed by atoms with Gasteiger partial charge < -0.3 is 10.4 Å². The summed E-state index contributed by atoms with van der Waals surface area (Å²) in [7, 11) is 0. The molecule has 0 saturated heterocycles. The molecule has 5 nitrogen and oxygen atoms in total. The van der Waals surface area contributed by atoms with E-state index < -0.39 is 5.97 Å². The third-order valence-corrected chi connectivity index (χ3v) is 2.86. The Balaban J connectivity index is 2.75. The van der Waals surface area contributed by atoms with Crippen molar-refractivity contribution >= 4 is 27.8 Å². The molecule has 0 saturated carbocycles. The largest absolute Gasteiger partial charge is 0.481 e. The zero-order valence-electron chi connectivity index (χ0n) is 9.58. The Morgan fingerprint density at radius 1 is 1.47 bits per heavy atom. The molecule has 0 aromatic carbocycles. The van der Waals surface area contributed by atoms with Gasteiger partial charge in [0.1, 0.15) is 5.69 Å². The summed E-state index contributed by atoms with van der Waals surface area (Å²) in [4.78, 5) is 26.2. The summed E-state index contributed by atoms with van der Waals surface area (Å²) in [6.45, 7) is 3.81. The molecule has 2 N–H and O–H groups in total. The smallest absolute Gasteiger partial charge is 0.305 e. The van der Waals surface area contributed by atoms with Crippen LogP contribution in [0.2, 0.25) is 0 Å². The number of rotatable bonds is 4. The minimum atomic E-state index is -0.947. The number of hydrogen-bond acceptors (Lipinski definition) is 3. The fourth-order valence-electron chi connectivity index (χ4n) is 1.20. The molecule has 0 unspecified atom stereocenters. The van der Waals surface area contributed by atoms with Crippen LogP contribution in [0.4, 0.5) is 0 Å². The first-order chi connectivity index (χ1) is 7.91. The number of aliphatic carboxylic acids is 1. The third-order valence-electron chi connectivity index (χ3n) is 2.26. The minimum absolute atomic E-state index is 0.0925. The Morgan fingerprint density at radius 2 is 2.12 bits per heavy atom. The molecule has 0 aliphatic heterocycles. The van der Waals surface area contributed by atoms with E-state index in [1.807, 2.05) is 19.9 Å². The van der Waals surface area contributed by atoms with Crippen molar-refractivity contribution in [2.45, 2.75) is 20.3 Å². The van der Waals surface area contributed by atoms with Gasteiger partial charge in [-0.25, -0.2) is 4.98 Å². The zero-order valence-corrected chi connectivity index (χ0v) is 11.2. The second-order valence-electron chi connectivity index (χ2n) is 3.62. The summed E-state index contributed by atoms with van der Waals surface area (Å²) < 4.78 is 0.605. The summed E-state index contributed by atoms with van der Waals surface area (Å²) >= 11 is 3.26. The number of halogens is 1. The Labute approximate surface area is 107 Å². The van der Waals surface area contributed by atoms with Crippen molar-refractivity contribution in [3.8, 4) is 0 Å². The van der Waals surface area contributed by atoms with Crippen LogP contribution in [0, 0.1) is 13.8 Å². The molecule has 1 amide bonds. The second-order valence-corrected chi connectivity index (χ2v) is 4.48. The van der Waals surface area contributed by atoms with E-state index in [1.54, 1.807) is 0 Å². The Kier molecular flexibility index (Phi) is 4.62. The SMILES string of the molecule is Cc1cc(Br)c(C(=O)NCCC(=O)O)nc1C. The van der Waals surface area contributed by atoms with Crippen LogP contribution in [0.15, 0.2) is 10.5 Å². The summed E-state index contributed by atoms with van der Waals surface area (Å²) in [6, 6.07) is 1.81. The van der Waals surface area contributed by atoms with Crippen molar-refractivity contribution in [2.75, 3.05) is 6.54 Å². The van der Waals surface area contributed by atoms with E-state index in [0.717, 1.165) is 11.3 Å². The van der Waals surface area contributed by atoms with Crippen molar-refractivity contribution in [2.24, 2.45) is 0 Å². The highest BCUT2D eigenvalue weighted by Gasteiger charge is 2.13. The Hall–Kier alpha value is -1.43. The molecule has 0 spiro atoms. The van der Waals surface area contributed by atoms with Gasteiger partial charge in [-0.1, -0.05) is 0 Å². The molecule has 1 aromatic heterocycles. The molecule has 92 valence electrons. The normalized spacial score (nSPS) is 10.1. The zero-order chi connectivity index (χ0) is 13.0. The summed E-state index contributed by atoms with van der Waals surface area (Å²) in [6.07, 6.45) is -0.103. The van der Waals surface area contributed by atoms with Gasteiger partial charge in [0, 0.05) is 16.7 Å². The van der Waals surface area contributed by atoms with E-state index in [1.165, 1.54) is 0 Å². The highest BCUT2D eigenvalue weighted by atomic mass is 79.9. The molecular weight excluding hydrogens is 288 g/mol. The highest BCUT2D eigenvalue weighted by molar-refractivity contribution is 9.10. The average molecular weight is 301 g/mol. The predicted octanol–water partition coefficient (Wildman–Crippen LogP) is 1.67. The average Bonchev–Trinajstić information content (AvgIpc) is 2.22. The van der Waals surface area contributed by atoms with E-state index in [2.05, 4.69) is 26.2 Å². The number of carboxylic acid groups (broad SMARTS) is 1. The van der Waals surface area contributed by atoms with Gasteiger partial charge in [0.05, 0.1) is 6.42 Å². The molecule has 17 heavy (non-hydrogen) atoms. The number of aryl methyl sites for hydroxylation is 2. The lowest BCUT2D eigenvalue weighted by molar-refractivity contribution is -0.136. The number of nitrogens with one attached hydrogen (secondary N) is 1. The monoisotopic (exact) mass is 300 g/mol.